The summed E-state index contributed by atoms with van der Waals surface area (Å²) in [5.41, 5.74) is 2.33. The highest BCUT2D eigenvalue weighted by atomic mass is 35.5. The van der Waals surface area contributed by atoms with Crippen molar-refractivity contribution >= 4 is 22.9 Å². The molecule has 0 aliphatic rings. The molecule has 0 nitrogen and oxygen atoms in total. The fourth-order valence-electron chi connectivity index (χ4n) is 1.30. The normalized spacial score (nSPS) is 10.3. The van der Waals surface area contributed by atoms with Crippen LogP contribution >= 0.6 is 22.9 Å². The van der Waals surface area contributed by atoms with Crippen molar-refractivity contribution < 1.29 is 0 Å². The third-order valence-corrected chi connectivity index (χ3v) is 3.17. The first-order valence-electron chi connectivity index (χ1n) is 4.09. The van der Waals surface area contributed by atoms with Gasteiger partial charge in [0, 0.05) is 10.4 Å². The van der Waals surface area contributed by atoms with Gasteiger partial charge in [-0.15, -0.1) is 11.3 Å². The number of hydrogen-bond acceptors (Lipinski definition) is 1. The molecular formula is C11H9ClS. The minimum absolute atomic E-state index is 0.878. The average molecular weight is 209 g/mol. The lowest BCUT2D eigenvalue weighted by molar-refractivity contribution is 1.61. The van der Waals surface area contributed by atoms with E-state index in [0.29, 0.717) is 0 Å². The molecule has 0 bridgehead atoms. The summed E-state index contributed by atoms with van der Waals surface area (Å²) in [5, 5.41) is 0. The molecule has 0 amide bonds. The third-order valence-electron chi connectivity index (χ3n) is 1.89. The maximum absolute atomic E-state index is 6.10. The van der Waals surface area contributed by atoms with E-state index in [1.807, 2.05) is 18.2 Å². The van der Waals surface area contributed by atoms with Crippen LogP contribution in [-0.2, 0) is 0 Å². The van der Waals surface area contributed by atoms with Crippen molar-refractivity contribution in [2.75, 3.05) is 0 Å². The van der Waals surface area contributed by atoms with Gasteiger partial charge in [0.2, 0.25) is 0 Å². The van der Waals surface area contributed by atoms with Gasteiger partial charge in [-0.25, -0.2) is 0 Å². The second kappa shape index (κ2) is 3.52. The van der Waals surface area contributed by atoms with E-state index in [2.05, 4.69) is 25.1 Å². The molecule has 0 saturated heterocycles. The SMILES string of the molecule is Cc1cc(-c2ccccc2)c(Cl)s1. The van der Waals surface area contributed by atoms with Crippen LogP contribution in [0.5, 0.6) is 0 Å². The van der Waals surface area contributed by atoms with Gasteiger partial charge in [-0.3, -0.25) is 0 Å². The number of rotatable bonds is 1. The number of benzene rings is 1. The van der Waals surface area contributed by atoms with E-state index in [4.69, 9.17) is 11.6 Å². The quantitative estimate of drug-likeness (QED) is 0.653. The van der Waals surface area contributed by atoms with Gasteiger partial charge >= 0.3 is 0 Å². The second-order valence-electron chi connectivity index (χ2n) is 2.91. The molecule has 0 radical (unpaired) electrons. The van der Waals surface area contributed by atoms with Crippen molar-refractivity contribution in [2.45, 2.75) is 6.92 Å². The van der Waals surface area contributed by atoms with Crippen molar-refractivity contribution in [3.05, 3.63) is 45.6 Å². The van der Waals surface area contributed by atoms with Gasteiger partial charge in [0.15, 0.2) is 0 Å². The van der Waals surface area contributed by atoms with E-state index in [1.54, 1.807) is 11.3 Å². The molecule has 1 aromatic carbocycles. The van der Waals surface area contributed by atoms with Crippen LogP contribution in [0.25, 0.3) is 11.1 Å². The highest BCUT2D eigenvalue weighted by Gasteiger charge is 2.05. The van der Waals surface area contributed by atoms with Crippen LogP contribution in [0.15, 0.2) is 36.4 Å². The monoisotopic (exact) mass is 208 g/mol. The Kier molecular flexibility index (Phi) is 2.38. The van der Waals surface area contributed by atoms with Gasteiger partial charge < -0.3 is 0 Å². The summed E-state index contributed by atoms with van der Waals surface area (Å²) in [5.74, 6) is 0. The Morgan fingerprint density at radius 2 is 1.85 bits per heavy atom. The summed E-state index contributed by atoms with van der Waals surface area (Å²) in [6.07, 6.45) is 0. The number of aryl methyl sites for hydroxylation is 1. The lowest BCUT2D eigenvalue weighted by Crippen LogP contribution is -1.71. The van der Waals surface area contributed by atoms with Crippen LogP contribution < -0.4 is 0 Å². The maximum atomic E-state index is 6.10. The smallest absolute Gasteiger partial charge is 0.101 e. The molecule has 0 saturated carbocycles. The van der Waals surface area contributed by atoms with Crippen LogP contribution in [0.2, 0.25) is 4.34 Å². The molecule has 1 aromatic heterocycles. The summed E-state index contributed by atoms with van der Waals surface area (Å²) >= 11 is 7.73. The van der Waals surface area contributed by atoms with Crippen LogP contribution in [0, 0.1) is 6.92 Å². The Labute approximate surface area is 86.8 Å². The molecule has 0 atom stereocenters. The van der Waals surface area contributed by atoms with E-state index in [9.17, 15) is 0 Å². The third kappa shape index (κ3) is 1.77. The van der Waals surface area contributed by atoms with E-state index in [-0.39, 0.29) is 0 Å². The summed E-state index contributed by atoms with van der Waals surface area (Å²) in [4.78, 5) is 1.25. The predicted molar refractivity (Wildman–Crippen MR) is 59.5 cm³/mol. The maximum Gasteiger partial charge on any atom is 0.101 e. The predicted octanol–water partition coefficient (Wildman–Crippen LogP) is 4.38. The topological polar surface area (TPSA) is 0 Å². The Morgan fingerprint density at radius 1 is 1.15 bits per heavy atom. The largest absolute Gasteiger partial charge is 0.128 e. The summed E-state index contributed by atoms with van der Waals surface area (Å²) < 4.78 is 0.878. The van der Waals surface area contributed by atoms with E-state index in [1.165, 1.54) is 10.4 Å². The van der Waals surface area contributed by atoms with Crippen molar-refractivity contribution in [1.82, 2.24) is 0 Å². The molecular weight excluding hydrogens is 200 g/mol. The van der Waals surface area contributed by atoms with Crippen molar-refractivity contribution in [3.63, 3.8) is 0 Å². The molecule has 2 heteroatoms. The fourth-order valence-corrected chi connectivity index (χ4v) is 2.58. The lowest BCUT2D eigenvalue weighted by atomic mass is 10.1. The first-order valence-corrected chi connectivity index (χ1v) is 5.28. The molecule has 66 valence electrons. The molecule has 2 rings (SSSR count). The second-order valence-corrected chi connectivity index (χ2v) is 4.77. The average Bonchev–Trinajstić information content (AvgIpc) is 2.47. The van der Waals surface area contributed by atoms with Gasteiger partial charge in [-0.05, 0) is 18.6 Å². The van der Waals surface area contributed by atoms with Gasteiger partial charge in [-0.1, -0.05) is 41.9 Å². The summed E-state index contributed by atoms with van der Waals surface area (Å²) in [6, 6.07) is 12.3. The molecule has 0 aliphatic heterocycles. The molecule has 0 spiro atoms. The molecule has 1 heterocycles. The summed E-state index contributed by atoms with van der Waals surface area (Å²) in [7, 11) is 0. The molecule has 0 fully saturated rings. The highest BCUT2D eigenvalue weighted by molar-refractivity contribution is 7.16. The van der Waals surface area contributed by atoms with Crippen molar-refractivity contribution in [1.29, 1.82) is 0 Å². The molecule has 13 heavy (non-hydrogen) atoms. The minimum Gasteiger partial charge on any atom is -0.128 e. The minimum atomic E-state index is 0.878. The Hall–Kier alpha value is -0.790. The van der Waals surface area contributed by atoms with Crippen LogP contribution in [0.4, 0.5) is 0 Å². The number of thiophene rings is 1. The lowest BCUT2D eigenvalue weighted by Gasteiger charge is -1.96. The van der Waals surface area contributed by atoms with Crippen molar-refractivity contribution in [2.24, 2.45) is 0 Å². The van der Waals surface area contributed by atoms with Crippen LogP contribution in [-0.4, -0.2) is 0 Å². The Morgan fingerprint density at radius 3 is 2.38 bits per heavy atom. The van der Waals surface area contributed by atoms with Gasteiger partial charge in [-0.2, -0.15) is 0 Å². The van der Waals surface area contributed by atoms with Gasteiger partial charge in [0.05, 0.1) is 0 Å². The van der Waals surface area contributed by atoms with E-state index in [0.717, 1.165) is 9.90 Å². The van der Waals surface area contributed by atoms with Crippen LogP contribution in [0.1, 0.15) is 4.88 Å². The first-order chi connectivity index (χ1) is 6.27. The zero-order valence-corrected chi connectivity index (χ0v) is 8.82. The molecule has 0 aliphatic carbocycles. The van der Waals surface area contributed by atoms with Gasteiger partial charge in [0.25, 0.3) is 0 Å². The molecule has 0 N–H and O–H groups in total. The molecule has 2 aromatic rings. The Bertz CT molecular complexity index is 403. The standard InChI is InChI=1S/C11H9ClS/c1-8-7-10(11(12)13-8)9-5-3-2-4-6-9/h2-7H,1H3. The highest BCUT2D eigenvalue weighted by Crippen LogP contribution is 2.34. The van der Waals surface area contributed by atoms with E-state index >= 15 is 0 Å². The van der Waals surface area contributed by atoms with Gasteiger partial charge in [0.1, 0.15) is 4.34 Å². The van der Waals surface area contributed by atoms with Crippen molar-refractivity contribution in [3.8, 4) is 11.1 Å². The van der Waals surface area contributed by atoms with E-state index < -0.39 is 0 Å². The first kappa shape index (κ1) is 8.79. The zero-order valence-electron chi connectivity index (χ0n) is 7.25. The fraction of sp³-hybridized carbons (Fsp3) is 0.0909. The zero-order chi connectivity index (χ0) is 9.26. The number of halogens is 1. The van der Waals surface area contributed by atoms with Crippen LogP contribution in [0.3, 0.4) is 0 Å². The Balaban J connectivity index is 2.53. The summed E-state index contributed by atoms with van der Waals surface area (Å²) in [6.45, 7) is 2.07. The molecule has 0 unspecified atom stereocenters. The number of hydrogen-bond donors (Lipinski definition) is 0.